The first-order valence-corrected chi connectivity index (χ1v) is 13.3. The van der Waals surface area contributed by atoms with Crippen molar-refractivity contribution in [3.63, 3.8) is 0 Å². The SMILES string of the molecule is CCN1CCN(CC(=O)N2CCCC3(CCCCCOc4ccc(Cl)cc4C(=O)NC3)C2)CC1. The number of fused-ring (bicyclic) bond motifs is 1. The van der Waals surface area contributed by atoms with Gasteiger partial charge in [-0.25, -0.2) is 0 Å². The molecular formula is C26H39ClN4O3. The summed E-state index contributed by atoms with van der Waals surface area (Å²) in [6.45, 7) is 10.4. The smallest absolute Gasteiger partial charge is 0.255 e. The lowest BCUT2D eigenvalue weighted by Gasteiger charge is -2.44. The predicted octanol–water partition coefficient (Wildman–Crippen LogP) is 3.27. The Labute approximate surface area is 208 Å². The number of ether oxygens (including phenoxy) is 1. The number of carbonyl (C=O) groups excluding carboxylic acids is 2. The molecule has 3 heterocycles. The second-order valence-electron chi connectivity index (χ2n) is 10.1. The Morgan fingerprint density at radius 2 is 1.82 bits per heavy atom. The number of nitrogens with one attached hydrogen (secondary N) is 1. The third-order valence-corrected chi connectivity index (χ3v) is 7.94. The minimum atomic E-state index is -0.158. The van der Waals surface area contributed by atoms with Crippen molar-refractivity contribution in [3.05, 3.63) is 28.8 Å². The lowest BCUT2D eigenvalue weighted by atomic mass is 9.75. The van der Waals surface area contributed by atoms with E-state index in [0.717, 1.165) is 84.3 Å². The number of amides is 2. The maximum atomic E-state index is 13.2. The Bertz CT molecular complexity index is 858. The van der Waals surface area contributed by atoms with E-state index in [1.54, 1.807) is 18.2 Å². The summed E-state index contributed by atoms with van der Waals surface area (Å²) in [5.74, 6) is 0.654. The Morgan fingerprint density at radius 3 is 2.62 bits per heavy atom. The van der Waals surface area contributed by atoms with Gasteiger partial charge in [0.25, 0.3) is 5.91 Å². The van der Waals surface area contributed by atoms with E-state index >= 15 is 0 Å². The maximum absolute atomic E-state index is 13.2. The van der Waals surface area contributed by atoms with Crippen LogP contribution in [0.5, 0.6) is 5.75 Å². The molecule has 0 bridgehead atoms. The molecule has 2 amide bonds. The van der Waals surface area contributed by atoms with Gasteiger partial charge in [0.15, 0.2) is 0 Å². The molecule has 1 aromatic rings. The zero-order chi connectivity index (χ0) is 24.0. The van der Waals surface area contributed by atoms with Gasteiger partial charge >= 0.3 is 0 Å². The number of likely N-dealkylation sites (N-methyl/N-ethyl adjacent to an activating group) is 1. The molecule has 0 saturated carbocycles. The fraction of sp³-hybridized carbons (Fsp3) is 0.692. The van der Waals surface area contributed by atoms with Gasteiger partial charge in [-0.3, -0.25) is 14.5 Å². The summed E-state index contributed by atoms with van der Waals surface area (Å²) in [6.07, 6.45) is 6.13. The molecule has 1 unspecified atom stereocenters. The highest BCUT2D eigenvalue weighted by Crippen LogP contribution is 2.36. The van der Waals surface area contributed by atoms with E-state index in [1.165, 1.54) is 0 Å². The largest absolute Gasteiger partial charge is 0.493 e. The zero-order valence-electron chi connectivity index (χ0n) is 20.5. The predicted molar refractivity (Wildman–Crippen MR) is 135 cm³/mol. The van der Waals surface area contributed by atoms with E-state index < -0.39 is 0 Å². The lowest BCUT2D eigenvalue weighted by Crippen LogP contribution is -2.54. The zero-order valence-corrected chi connectivity index (χ0v) is 21.2. The summed E-state index contributed by atoms with van der Waals surface area (Å²) < 4.78 is 5.88. The van der Waals surface area contributed by atoms with Crippen LogP contribution in [0.3, 0.4) is 0 Å². The number of benzene rings is 1. The molecule has 0 aliphatic carbocycles. The number of rotatable bonds is 3. The molecule has 1 spiro atoms. The minimum absolute atomic E-state index is 0.0801. The highest BCUT2D eigenvalue weighted by atomic mass is 35.5. The summed E-state index contributed by atoms with van der Waals surface area (Å²) in [5.41, 5.74) is 0.404. The van der Waals surface area contributed by atoms with Crippen molar-refractivity contribution >= 4 is 23.4 Å². The Kier molecular flexibility index (Phi) is 8.72. The molecule has 7 nitrogen and oxygen atoms in total. The summed E-state index contributed by atoms with van der Waals surface area (Å²) in [5, 5.41) is 3.69. The van der Waals surface area contributed by atoms with Crippen LogP contribution < -0.4 is 10.1 Å². The van der Waals surface area contributed by atoms with E-state index in [0.29, 0.717) is 36.0 Å². The summed E-state index contributed by atoms with van der Waals surface area (Å²) in [4.78, 5) is 33.1. The van der Waals surface area contributed by atoms with Crippen LogP contribution in [0.15, 0.2) is 18.2 Å². The minimum Gasteiger partial charge on any atom is -0.493 e. The highest BCUT2D eigenvalue weighted by Gasteiger charge is 2.37. The van der Waals surface area contributed by atoms with Crippen LogP contribution in [-0.2, 0) is 4.79 Å². The monoisotopic (exact) mass is 490 g/mol. The van der Waals surface area contributed by atoms with Crippen LogP contribution in [0.4, 0.5) is 0 Å². The van der Waals surface area contributed by atoms with Crippen molar-refractivity contribution in [2.45, 2.75) is 45.4 Å². The fourth-order valence-electron chi connectivity index (χ4n) is 5.54. The van der Waals surface area contributed by atoms with E-state index in [-0.39, 0.29) is 17.2 Å². The second-order valence-corrected chi connectivity index (χ2v) is 10.5. The number of piperazine rings is 1. The highest BCUT2D eigenvalue weighted by molar-refractivity contribution is 6.31. The van der Waals surface area contributed by atoms with Gasteiger partial charge in [0, 0.05) is 56.3 Å². The van der Waals surface area contributed by atoms with E-state index in [4.69, 9.17) is 16.3 Å². The van der Waals surface area contributed by atoms with Crippen molar-refractivity contribution in [2.75, 3.05) is 65.5 Å². The Hall–Kier alpha value is -1.83. The number of likely N-dealkylation sites (tertiary alicyclic amines) is 1. The number of nitrogens with zero attached hydrogens (tertiary/aromatic N) is 3. The molecule has 1 aromatic carbocycles. The molecule has 1 atom stereocenters. The van der Waals surface area contributed by atoms with Crippen LogP contribution >= 0.6 is 11.6 Å². The lowest BCUT2D eigenvalue weighted by molar-refractivity contribution is -0.136. The first-order valence-electron chi connectivity index (χ1n) is 12.9. The van der Waals surface area contributed by atoms with Gasteiger partial charge in [0.05, 0.1) is 18.7 Å². The van der Waals surface area contributed by atoms with Crippen molar-refractivity contribution in [3.8, 4) is 5.75 Å². The van der Waals surface area contributed by atoms with Crippen molar-refractivity contribution in [1.29, 1.82) is 0 Å². The van der Waals surface area contributed by atoms with Gasteiger partial charge < -0.3 is 19.9 Å². The number of hydrogen-bond donors (Lipinski definition) is 1. The van der Waals surface area contributed by atoms with Crippen LogP contribution in [0, 0.1) is 5.41 Å². The van der Waals surface area contributed by atoms with E-state index in [1.807, 2.05) is 0 Å². The fourth-order valence-corrected chi connectivity index (χ4v) is 5.71. The van der Waals surface area contributed by atoms with Gasteiger partial charge in [0.1, 0.15) is 5.75 Å². The van der Waals surface area contributed by atoms with E-state index in [2.05, 4.69) is 26.9 Å². The molecule has 4 rings (SSSR count). The van der Waals surface area contributed by atoms with Gasteiger partial charge in [-0.1, -0.05) is 31.4 Å². The molecule has 0 aromatic heterocycles. The van der Waals surface area contributed by atoms with Crippen LogP contribution in [-0.4, -0.2) is 92.0 Å². The summed E-state index contributed by atoms with van der Waals surface area (Å²) in [6, 6.07) is 5.22. The molecule has 3 aliphatic heterocycles. The van der Waals surface area contributed by atoms with Crippen LogP contribution in [0.1, 0.15) is 55.8 Å². The topological polar surface area (TPSA) is 65.1 Å². The standard InChI is InChI=1S/C26H39ClN4O3/c1-2-29-12-14-30(15-13-29)18-24(32)31-11-6-10-26(20-31)9-4-3-5-16-34-23-8-7-21(27)17-22(23)25(33)28-19-26/h7-8,17H,2-6,9-16,18-20H2,1H3,(H,28,33). The average molecular weight is 491 g/mol. The van der Waals surface area contributed by atoms with Gasteiger partial charge in [-0.15, -0.1) is 0 Å². The third-order valence-electron chi connectivity index (χ3n) is 7.70. The van der Waals surface area contributed by atoms with Crippen molar-refractivity contribution in [1.82, 2.24) is 20.0 Å². The summed E-state index contributed by atoms with van der Waals surface area (Å²) in [7, 11) is 0. The second kappa shape index (κ2) is 11.7. The molecule has 3 aliphatic rings. The molecule has 34 heavy (non-hydrogen) atoms. The average Bonchev–Trinajstić information content (AvgIpc) is 2.85. The molecule has 1 N–H and O–H groups in total. The van der Waals surface area contributed by atoms with Gasteiger partial charge in [-0.05, 0) is 50.4 Å². The maximum Gasteiger partial charge on any atom is 0.255 e. The van der Waals surface area contributed by atoms with Gasteiger partial charge in [-0.2, -0.15) is 0 Å². The molecular weight excluding hydrogens is 452 g/mol. The number of piperidine rings is 1. The third kappa shape index (κ3) is 6.43. The first-order chi connectivity index (χ1) is 16.5. The Morgan fingerprint density at radius 1 is 1.06 bits per heavy atom. The van der Waals surface area contributed by atoms with E-state index in [9.17, 15) is 9.59 Å². The molecule has 188 valence electrons. The number of carbonyl (C=O) groups is 2. The molecule has 2 fully saturated rings. The molecule has 0 radical (unpaired) electrons. The first kappa shape index (κ1) is 25.3. The number of hydrogen-bond acceptors (Lipinski definition) is 5. The van der Waals surface area contributed by atoms with Crippen LogP contribution in [0.2, 0.25) is 5.02 Å². The normalized spacial score (nSPS) is 25.6. The quantitative estimate of drug-likeness (QED) is 0.704. The molecule has 2 saturated heterocycles. The summed E-state index contributed by atoms with van der Waals surface area (Å²) >= 11 is 6.17. The van der Waals surface area contributed by atoms with Crippen molar-refractivity contribution in [2.24, 2.45) is 5.41 Å². The van der Waals surface area contributed by atoms with Crippen molar-refractivity contribution < 1.29 is 14.3 Å². The Balaban J connectivity index is 1.42. The number of halogens is 1. The van der Waals surface area contributed by atoms with Gasteiger partial charge in [0.2, 0.25) is 5.91 Å². The van der Waals surface area contributed by atoms with Crippen LogP contribution in [0.25, 0.3) is 0 Å². The molecule has 8 heteroatoms.